The molecule has 2 heterocycles. The Balaban J connectivity index is 1.64. The molecule has 0 amide bonds. The van der Waals surface area contributed by atoms with Crippen LogP contribution < -0.4 is 5.32 Å². The molecule has 0 bridgehead atoms. The predicted molar refractivity (Wildman–Crippen MR) is 105 cm³/mol. The normalized spacial score (nSPS) is 14.4. The average Bonchev–Trinajstić information content (AvgIpc) is 3.35. The van der Waals surface area contributed by atoms with Crippen molar-refractivity contribution in [1.82, 2.24) is 5.32 Å². The minimum absolute atomic E-state index is 0.0988. The number of nitrogens with one attached hydrogen (secondary N) is 1. The fourth-order valence-electron chi connectivity index (χ4n) is 2.93. The summed E-state index contributed by atoms with van der Waals surface area (Å²) in [5, 5.41) is 29.1. The van der Waals surface area contributed by atoms with E-state index in [1.165, 1.54) is 0 Å². The molecule has 3 nitrogen and oxygen atoms in total. The van der Waals surface area contributed by atoms with Gasteiger partial charge in [0.15, 0.2) is 0 Å². The molecule has 0 spiro atoms. The highest BCUT2D eigenvalue weighted by molar-refractivity contribution is 7.11. The highest BCUT2D eigenvalue weighted by Crippen LogP contribution is 2.38. The van der Waals surface area contributed by atoms with E-state index < -0.39 is 11.7 Å². The quantitative estimate of drug-likeness (QED) is 0.556. The van der Waals surface area contributed by atoms with Gasteiger partial charge in [-0.15, -0.1) is 22.7 Å². The van der Waals surface area contributed by atoms with Crippen LogP contribution in [0.1, 0.15) is 34.8 Å². The molecule has 2 atom stereocenters. The fourth-order valence-corrected chi connectivity index (χ4v) is 4.73. The molecule has 2 unspecified atom stereocenters. The van der Waals surface area contributed by atoms with E-state index in [-0.39, 0.29) is 6.04 Å². The van der Waals surface area contributed by atoms with Crippen molar-refractivity contribution < 1.29 is 10.2 Å². The van der Waals surface area contributed by atoms with E-state index in [0.29, 0.717) is 13.0 Å². The largest absolute Gasteiger partial charge is 0.387 e. The third-order valence-corrected chi connectivity index (χ3v) is 6.47. The zero-order valence-corrected chi connectivity index (χ0v) is 15.8. The molecular weight excluding hydrogens is 350 g/mol. The molecule has 0 aliphatic rings. The van der Waals surface area contributed by atoms with Gasteiger partial charge in [0.2, 0.25) is 0 Å². The monoisotopic (exact) mass is 373 g/mol. The molecule has 0 aliphatic heterocycles. The predicted octanol–water partition coefficient (Wildman–Crippen LogP) is 4.15. The average molecular weight is 374 g/mol. The number of hydrogen-bond donors (Lipinski definition) is 3. The van der Waals surface area contributed by atoms with Gasteiger partial charge in [-0.1, -0.05) is 42.5 Å². The molecule has 0 saturated heterocycles. The summed E-state index contributed by atoms with van der Waals surface area (Å²) in [7, 11) is 0. The topological polar surface area (TPSA) is 52.5 Å². The summed E-state index contributed by atoms with van der Waals surface area (Å²) in [4.78, 5) is 1.90. The molecule has 1 aromatic carbocycles. The lowest BCUT2D eigenvalue weighted by Gasteiger charge is -2.28. The molecule has 0 aliphatic carbocycles. The maximum absolute atomic E-state index is 11.3. The van der Waals surface area contributed by atoms with Gasteiger partial charge < -0.3 is 15.5 Å². The van der Waals surface area contributed by atoms with Crippen molar-refractivity contribution in [3.05, 3.63) is 80.7 Å². The van der Waals surface area contributed by atoms with Gasteiger partial charge >= 0.3 is 0 Å². The summed E-state index contributed by atoms with van der Waals surface area (Å²) >= 11 is 3.14. The van der Waals surface area contributed by atoms with Crippen LogP contribution in [0.15, 0.2) is 65.4 Å². The molecular formula is C20H23NO2S2. The van der Waals surface area contributed by atoms with Gasteiger partial charge in [0.25, 0.3) is 0 Å². The molecule has 0 radical (unpaired) electrons. The van der Waals surface area contributed by atoms with Crippen molar-refractivity contribution in [2.45, 2.75) is 31.1 Å². The highest BCUT2D eigenvalue weighted by atomic mass is 32.1. The van der Waals surface area contributed by atoms with E-state index in [2.05, 4.69) is 5.32 Å². The Hall–Kier alpha value is -1.50. The lowest BCUT2D eigenvalue weighted by molar-refractivity contribution is 0.0732. The zero-order valence-electron chi connectivity index (χ0n) is 14.1. The van der Waals surface area contributed by atoms with E-state index in [4.69, 9.17) is 0 Å². The Morgan fingerprint density at radius 1 is 0.960 bits per heavy atom. The molecule has 3 N–H and O–H groups in total. The number of hydrogen-bond acceptors (Lipinski definition) is 5. The van der Waals surface area contributed by atoms with Crippen LogP contribution in [-0.2, 0) is 5.60 Å². The van der Waals surface area contributed by atoms with Gasteiger partial charge in [0, 0.05) is 15.8 Å². The van der Waals surface area contributed by atoms with Crippen LogP contribution in [-0.4, -0.2) is 22.8 Å². The SMILES string of the molecule is CC(NCCC(O)(c1cccs1)c1cccs1)C(O)c1ccccc1. The van der Waals surface area contributed by atoms with Crippen LogP contribution in [0.3, 0.4) is 0 Å². The first-order chi connectivity index (χ1) is 12.1. The van der Waals surface area contributed by atoms with Gasteiger partial charge in [-0.2, -0.15) is 0 Å². The van der Waals surface area contributed by atoms with Crippen molar-refractivity contribution in [2.75, 3.05) is 6.54 Å². The third kappa shape index (κ3) is 4.19. The number of thiophene rings is 2. The maximum Gasteiger partial charge on any atom is 0.134 e. The van der Waals surface area contributed by atoms with Crippen molar-refractivity contribution in [1.29, 1.82) is 0 Å². The van der Waals surface area contributed by atoms with Crippen molar-refractivity contribution in [3.63, 3.8) is 0 Å². The van der Waals surface area contributed by atoms with Gasteiger partial charge in [0.05, 0.1) is 6.10 Å². The van der Waals surface area contributed by atoms with Crippen LogP contribution in [0, 0.1) is 0 Å². The first kappa shape index (κ1) is 18.3. The molecule has 5 heteroatoms. The number of aliphatic hydroxyl groups excluding tert-OH is 1. The standard InChI is InChI=1S/C20H23NO2S2/c1-15(19(22)16-7-3-2-4-8-16)21-12-11-20(23,17-9-5-13-24-17)18-10-6-14-25-18/h2-10,13-15,19,21-23H,11-12H2,1H3. The lowest BCUT2D eigenvalue weighted by Crippen LogP contribution is -2.37. The summed E-state index contributed by atoms with van der Waals surface area (Å²) in [6.45, 7) is 2.57. The summed E-state index contributed by atoms with van der Waals surface area (Å²) in [5.74, 6) is 0. The van der Waals surface area contributed by atoms with E-state index in [1.54, 1.807) is 22.7 Å². The minimum atomic E-state index is -0.979. The molecule has 132 valence electrons. The second kappa shape index (κ2) is 8.25. The molecule has 2 aromatic heterocycles. The zero-order chi connectivity index (χ0) is 17.7. The third-order valence-electron chi connectivity index (χ3n) is 4.43. The Bertz CT molecular complexity index is 707. The summed E-state index contributed by atoms with van der Waals surface area (Å²) in [6.07, 6.45) is -0.0161. The summed E-state index contributed by atoms with van der Waals surface area (Å²) in [5.41, 5.74) is -0.0819. The van der Waals surface area contributed by atoms with E-state index in [0.717, 1.165) is 15.3 Å². The second-order valence-electron chi connectivity index (χ2n) is 6.16. The van der Waals surface area contributed by atoms with Crippen LogP contribution in [0.25, 0.3) is 0 Å². The maximum atomic E-state index is 11.3. The fraction of sp³-hybridized carbons (Fsp3) is 0.300. The van der Waals surface area contributed by atoms with Gasteiger partial charge in [-0.3, -0.25) is 0 Å². The first-order valence-corrected chi connectivity index (χ1v) is 10.1. The number of rotatable bonds is 8. The van der Waals surface area contributed by atoms with E-state index in [1.807, 2.05) is 72.3 Å². The molecule has 25 heavy (non-hydrogen) atoms. The van der Waals surface area contributed by atoms with E-state index >= 15 is 0 Å². The van der Waals surface area contributed by atoms with Gasteiger partial charge in [-0.05, 0) is 48.3 Å². The molecule has 0 fully saturated rings. The Morgan fingerprint density at radius 3 is 2.08 bits per heavy atom. The first-order valence-electron chi connectivity index (χ1n) is 8.38. The number of benzene rings is 1. The Kier molecular flexibility index (Phi) is 6.04. The van der Waals surface area contributed by atoms with Crippen molar-refractivity contribution in [3.8, 4) is 0 Å². The van der Waals surface area contributed by atoms with Crippen LogP contribution >= 0.6 is 22.7 Å². The molecule has 3 aromatic rings. The van der Waals surface area contributed by atoms with E-state index in [9.17, 15) is 10.2 Å². The van der Waals surface area contributed by atoms with Gasteiger partial charge in [0.1, 0.15) is 5.60 Å². The van der Waals surface area contributed by atoms with Crippen molar-refractivity contribution >= 4 is 22.7 Å². The lowest BCUT2D eigenvalue weighted by atomic mass is 9.95. The second-order valence-corrected chi connectivity index (χ2v) is 8.06. The Morgan fingerprint density at radius 2 is 1.56 bits per heavy atom. The van der Waals surface area contributed by atoms with Crippen LogP contribution in [0.4, 0.5) is 0 Å². The summed E-state index contributed by atoms with van der Waals surface area (Å²) < 4.78 is 0. The minimum Gasteiger partial charge on any atom is -0.387 e. The highest BCUT2D eigenvalue weighted by Gasteiger charge is 2.33. The smallest absolute Gasteiger partial charge is 0.134 e. The Labute approximate surface area is 156 Å². The summed E-state index contributed by atoms with van der Waals surface area (Å²) in [6, 6.07) is 17.4. The van der Waals surface area contributed by atoms with Crippen LogP contribution in [0.5, 0.6) is 0 Å². The molecule has 0 saturated carbocycles. The van der Waals surface area contributed by atoms with Gasteiger partial charge in [-0.25, -0.2) is 0 Å². The molecule has 3 rings (SSSR count). The van der Waals surface area contributed by atoms with Crippen LogP contribution in [0.2, 0.25) is 0 Å². The number of aliphatic hydroxyl groups is 2. The van der Waals surface area contributed by atoms with Crippen molar-refractivity contribution in [2.24, 2.45) is 0 Å².